The largest absolute Gasteiger partial charge is 0.378 e. The van der Waals surface area contributed by atoms with E-state index in [1.54, 1.807) is 0 Å². The van der Waals surface area contributed by atoms with Gasteiger partial charge in [-0.3, -0.25) is 4.98 Å². The van der Waals surface area contributed by atoms with Crippen LogP contribution in [0.2, 0.25) is 0 Å². The normalized spacial score (nSPS) is 15.0. The number of nitrogens with one attached hydrogen (secondary N) is 1. The summed E-state index contributed by atoms with van der Waals surface area (Å²) in [6.45, 7) is 5.04. The van der Waals surface area contributed by atoms with Crippen molar-refractivity contribution in [1.82, 2.24) is 9.97 Å². The van der Waals surface area contributed by atoms with E-state index in [-0.39, 0.29) is 0 Å². The Kier molecular flexibility index (Phi) is 4.34. The van der Waals surface area contributed by atoms with E-state index in [4.69, 9.17) is 0 Å². The van der Waals surface area contributed by atoms with Crippen molar-refractivity contribution in [2.24, 2.45) is 0 Å². The van der Waals surface area contributed by atoms with Crippen LogP contribution in [-0.2, 0) is 6.54 Å². The number of anilines is 2. The summed E-state index contributed by atoms with van der Waals surface area (Å²) in [5.74, 6) is 1.09. The van der Waals surface area contributed by atoms with Crippen LogP contribution in [0.5, 0.6) is 0 Å². The summed E-state index contributed by atoms with van der Waals surface area (Å²) in [6.07, 6.45) is 7.72. The van der Waals surface area contributed by atoms with Gasteiger partial charge in [-0.05, 0) is 49.9 Å². The van der Waals surface area contributed by atoms with Gasteiger partial charge in [0.2, 0.25) is 0 Å². The molecule has 3 heterocycles. The molecule has 0 bridgehead atoms. The van der Waals surface area contributed by atoms with Crippen molar-refractivity contribution in [3.8, 4) is 0 Å². The number of aryl methyl sites for hydroxylation is 1. The van der Waals surface area contributed by atoms with Crippen molar-refractivity contribution in [3.05, 3.63) is 47.9 Å². The van der Waals surface area contributed by atoms with Crippen LogP contribution in [0.25, 0.3) is 0 Å². The molecular weight excluding hydrogens is 260 g/mol. The highest BCUT2D eigenvalue weighted by Gasteiger charge is 2.11. The third-order valence-electron chi connectivity index (χ3n) is 3.87. The predicted molar refractivity (Wildman–Crippen MR) is 86.6 cm³/mol. The standard InChI is InChI=1S/C17H22N4/c1-14-5-6-15(18-11-14)12-19-16-7-8-17(20-13-16)21-9-3-2-4-10-21/h5-8,11,13,19H,2-4,9-10,12H2,1H3. The van der Waals surface area contributed by atoms with Crippen LogP contribution in [-0.4, -0.2) is 23.1 Å². The quantitative estimate of drug-likeness (QED) is 0.933. The molecule has 0 aliphatic carbocycles. The van der Waals surface area contributed by atoms with Crippen molar-refractivity contribution in [2.45, 2.75) is 32.7 Å². The lowest BCUT2D eigenvalue weighted by molar-refractivity contribution is 0.573. The topological polar surface area (TPSA) is 41.0 Å². The molecule has 2 aromatic rings. The summed E-state index contributed by atoms with van der Waals surface area (Å²) in [5.41, 5.74) is 3.27. The molecule has 0 atom stereocenters. The molecule has 110 valence electrons. The lowest BCUT2D eigenvalue weighted by Crippen LogP contribution is -2.30. The molecule has 0 spiro atoms. The van der Waals surface area contributed by atoms with Gasteiger partial charge in [0.15, 0.2) is 0 Å². The molecule has 1 fully saturated rings. The van der Waals surface area contributed by atoms with Gasteiger partial charge < -0.3 is 10.2 Å². The van der Waals surface area contributed by atoms with Crippen molar-refractivity contribution in [3.63, 3.8) is 0 Å². The minimum Gasteiger partial charge on any atom is -0.378 e. The highest BCUT2D eigenvalue weighted by atomic mass is 15.2. The highest BCUT2D eigenvalue weighted by molar-refractivity contribution is 5.48. The van der Waals surface area contributed by atoms with Crippen LogP contribution in [0.4, 0.5) is 11.5 Å². The van der Waals surface area contributed by atoms with Crippen molar-refractivity contribution < 1.29 is 0 Å². The van der Waals surface area contributed by atoms with E-state index in [0.29, 0.717) is 0 Å². The molecule has 0 aromatic carbocycles. The smallest absolute Gasteiger partial charge is 0.128 e. The first-order valence-electron chi connectivity index (χ1n) is 7.68. The molecule has 4 heteroatoms. The second-order valence-corrected chi connectivity index (χ2v) is 5.63. The van der Waals surface area contributed by atoms with Gasteiger partial charge in [-0.2, -0.15) is 0 Å². The predicted octanol–water partition coefficient (Wildman–Crippen LogP) is 3.39. The molecule has 1 aliphatic heterocycles. The number of nitrogens with zero attached hydrogens (tertiary/aromatic N) is 3. The Hall–Kier alpha value is -2.10. The zero-order valence-electron chi connectivity index (χ0n) is 12.5. The minimum absolute atomic E-state index is 0.727. The van der Waals surface area contributed by atoms with Crippen LogP contribution in [0.15, 0.2) is 36.7 Å². The second kappa shape index (κ2) is 6.57. The maximum Gasteiger partial charge on any atom is 0.128 e. The molecule has 3 rings (SSSR count). The van der Waals surface area contributed by atoms with Crippen LogP contribution in [0, 0.1) is 6.92 Å². The lowest BCUT2D eigenvalue weighted by atomic mass is 10.1. The van der Waals surface area contributed by atoms with Crippen LogP contribution >= 0.6 is 0 Å². The van der Waals surface area contributed by atoms with Crippen LogP contribution < -0.4 is 10.2 Å². The summed E-state index contributed by atoms with van der Waals surface area (Å²) in [7, 11) is 0. The van der Waals surface area contributed by atoms with Crippen LogP contribution in [0.3, 0.4) is 0 Å². The van der Waals surface area contributed by atoms with E-state index in [9.17, 15) is 0 Å². The zero-order valence-corrected chi connectivity index (χ0v) is 12.5. The highest BCUT2D eigenvalue weighted by Crippen LogP contribution is 2.19. The number of pyridine rings is 2. The first-order valence-corrected chi connectivity index (χ1v) is 7.68. The van der Waals surface area contributed by atoms with Gasteiger partial charge in [0.05, 0.1) is 24.1 Å². The Morgan fingerprint density at radius 1 is 1.00 bits per heavy atom. The molecular formula is C17H22N4. The molecule has 0 unspecified atom stereocenters. The van der Waals surface area contributed by atoms with Gasteiger partial charge in [0.1, 0.15) is 5.82 Å². The van der Waals surface area contributed by atoms with E-state index in [1.807, 2.05) is 19.3 Å². The molecule has 4 nitrogen and oxygen atoms in total. The molecule has 1 N–H and O–H groups in total. The number of hydrogen-bond acceptors (Lipinski definition) is 4. The average molecular weight is 282 g/mol. The maximum absolute atomic E-state index is 4.57. The van der Waals surface area contributed by atoms with Gasteiger partial charge in [0.25, 0.3) is 0 Å². The van der Waals surface area contributed by atoms with Gasteiger partial charge in [0, 0.05) is 19.3 Å². The fraction of sp³-hybridized carbons (Fsp3) is 0.412. The number of hydrogen-bond donors (Lipinski definition) is 1. The maximum atomic E-state index is 4.57. The Morgan fingerprint density at radius 2 is 1.86 bits per heavy atom. The minimum atomic E-state index is 0.727. The van der Waals surface area contributed by atoms with Crippen molar-refractivity contribution in [2.75, 3.05) is 23.3 Å². The van der Waals surface area contributed by atoms with Gasteiger partial charge >= 0.3 is 0 Å². The third-order valence-corrected chi connectivity index (χ3v) is 3.87. The van der Waals surface area contributed by atoms with Gasteiger partial charge in [-0.15, -0.1) is 0 Å². The summed E-state index contributed by atoms with van der Waals surface area (Å²) in [6, 6.07) is 8.35. The first kappa shape index (κ1) is 13.9. The number of aromatic nitrogens is 2. The van der Waals surface area contributed by atoms with Crippen molar-refractivity contribution >= 4 is 11.5 Å². The van der Waals surface area contributed by atoms with E-state index < -0.39 is 0 Å². The average Bonchev–Trinajstić information content (AvgIpc) is 2.56. The van der Waals surface area contributed by atoms with E-state index in [1.165, 1.54) is 24.8 Å². The number of rotatable bonds is 4. The summed E-state index contributed by atoms with van der Waals surface area (Å²) in [4.78, 5) is 11.3. The Balaban J connectivity index is 1.57. The monoisotopic (exact) mass is 282 g/mol. The third kappa shape index (κ3) is 3.72. The number of piperidine rings is 1. The molecule has 1 aliphatic rings. The van der Waals surface area contributed by atoms with E-state index in [0.717, 1.165) is 36.8 Å². The van der Waals surface area contributed by atoms with Gasteiger partial charge in [-0.1, -0.05) is 6.07 Å². The molecule has 0 saturated carbocycles. The zero-order chi connectivity index (χ0) is 14.5. The lowest BCUT2D eigenvalue weighted by Gasteiger charge is -2.27. The first-order chi connectivity index (χ1) is 10.3. The molecule has 0 amide bonds. The summed E-state index contributed by atoms with van der Waals surface area (Å²) >= 11 is 0. The fourth-order valence-corrected chi connectivity index (χ4v) is 2.60. The van der Waals surface area contributed by atoms with E-state index >= 15 is 0 Å². The fourth-order valence-electron chi connectivity index (χ4n) is 2.60. The summed E-state index contributed by atoms with van der Waals surface area (Å²) in [5, 5.41) is 3.37. The molecule has 2 aromatic heterocycles. The Bertz CT molecular complexity index is 556. The Morgan fingerprint density at radius 3 is 2.52 bits per heavy atom. The molecule has 21 heavy (non-hydrogen) atoms. The molecule has 1 saturated heterocycles. The van der Waals surface area contributed by atoms with Gasteiger partial charge in [-0.25, -0.2) is 4.98 Å². The molecule has 0 radical (unpaired) electrons. The Labute approximate surface area is 126 Å². The SMILES string of the molecule is Cc1ccc(CNc2ccc(N3CCCCC3)nc2)nc1. The van der Waals surface area contributed by atoms with E-state index in [2.05, 4.69) is 44.5 Å². The van der Waals surface area contributed by atoms with Crippen molar-refractivity contribution in [1.29, 1.82) is 0 Å². The summed E-state index contributed by atoms with van der Waals surface area (Å²) < 4.78 is 0. The van der Waals surface area contributed by atoms with Crippen LogP contribution in [0.1, 0.15) is 30.5 Å². The second-order valence-electron chi connectivity index (χ2n) is 5.63.